The van der Waals surface area contributed by atoms with Crippen molar-refractivity contribution in [1.29, 1.82) is 5.26 Å². The summed E-state index contributed by atoms with van der Waals surface area (Å²) in [6, 6.07) is 1.99. The molecule has 0 saturated carbocycles. The standard InChI is InChI=1S/C8H6N4/c1-6-8-10-2-3-12(8)5-7(4-9)11-6/h2-3,5H,1H3. The predicted molar refractivity (Wildman–Crippen MR) is 42.4 cm³/mol. The van der Waals surface area contributed by atoms with Crippen LogP contribution in [0.1, 0.15) is 11.4 Å². The van der Waals surface area contributed by atoms with Gasteiger partial charge in [-0.1, -0.05) is 0 Å². The summed E-state index contributed by atoms with van der Waals surface area (Å²) in [6.45, 7) is 1.84. The van der Waals surface area contributed by atoms with E-state index >= 15 is 0 Å². The fourth-order valence-electron chi connectivity index (χ4n) is 1.14. The number of hydrogen-bond donors (Lipinski definition) is 0. The smallest absolute Gasteiger partial charge is 0.158 e. The van der Waals surface area contributed by atoms with E-state index in [1.54, 1.807) is 23.0 Å². The van der Waals surface area contributed by atoms with Crippen molar-refractivity contribution in [1.82, 2.24) is 14.4 Å². The van der Waals surface area contributed by atoms with Gasteiger partial charge in [0, 0.05) is 18.6 Å². The lowest BCUT2D eigenvalue weighted by Gasteiger charge is -1.96. The number of nitrogens with zero attached hydrogens (tertiary/aromatic N) is 4. The summed E-state index contributed by atoms with van der Waals surface area (Å²) in [6.07, 6.45) is 5.14. The van der Waals surface area contributed by atoms with Crippen molar-refractivity contribution >= 4 is 5.65 Å². The minimum atomic E-state index is 0.415. The summed E-state index contributed by atoms with van der Waals surface area (Å²) in [4.78, 5) is 8.13. The Kier molecular flexibility index (Phi) is 1.31. The first-order chi connectivity index (χ1) is 5.81. The van der Waals surface area contributed by atoms with Gasteiger partial charge in [0.15, 0.2) is 11.3 Å². The van der Waals surface area contributed by atoms with Crippen molar-refractivity contribution in [2.24, 2.45) is 0 Å². The fraction of sp³-hybridized carbons (Fsp3) is 0.125. The molecule has 0 spiro atoms. The van der Waals surface area contributed by atoms with E-state index in [2.05, 4.69) is 9.97 Å². The van der Waals surface area contributed by atoms with Crippen molar-refractivity contribution in [2.45, 2.75) is 6.92 Å². The highest BCUT2D eigenvalue weighted by atomic mass is 15.0. The van der Waals surface area contributed by atoms with E-state index in [0.29, 0.717) is 5.69 Å². The highest BCUT2D eigenvalue weighted by molar-refractivity contribution is 5.44. The lowest BCUT2D eigenvalue weighted by molar-refractivity contribution is 1.06. The number of imidazole rings is 1. The third-order valence-corrected chi connectivity index (χ3v) is 1.66. The van der Waals surface area contributed by atoms with Crippen molar-refractivity contribution in [3.8, 4) is 6.07 Å². The maximum atomic E-state index is 8.61. The molecule has 58 valence electrons. The van der Waals surface area contributed by atoms with Gasteiger partial charge in [-0.25, -0.2) is 9.97 Å². The molecule has 0 aromatic carbocycles. The van der Waals surface area contributed by atoms with E-state index in [9.17, 15) is 0 Å². The topological polar surface area (TPSA) is 54.0 Å². The molecule has 0 saturated heterocycles. The second-order valence-corrected chi connectivity index (χ2v) is 2.48. The maximum absolute atomic E-state index is 8.61. The van der Waals surface area contributed by atoms with E-state index in [1.807, 2.05) is 13.0 Å². The van der Waals surface area contributed by atoms with Gasteiger partial charge in [0.25, 0.3) is 0 Å². The van der Waals surface area contributed by atoms with Crippen LogP contribution in [0.15, 0.2) is 18.6 Å². The quantitative estimate of drug-likeness (QED) is 0.572. The lowest BCUT2D eigenvalue weighted by Crippen LogP contribution is -1.94. The van der Waals surface area contributed by atoms with Crippen LogP contribution in [0.4, 0.5) is 0 Å². The third kappa shape index (κ3) is 0.839. The van der Waals surface area contributed by atoms with Crippen LogP contribution >= 0.6 is 0 Å². The zero-order valence-corrected chi connectivity index (χ0v) is 6.52. The molecule has 4 nitrogen and oxygen atoms in total. The monoisotopic (exact) mass is 158 g/mol. The predicted octanol–water partition coefficient (Wildman–Crippen LogP) is 0.909. The lowest BCUT2D eigenvalue weighted by atomic mass is 10.4. The zero-order valence-electron chi connectivity index (χ0n) is 6.52. The first kappa shape index (κ1) is 6.80. The van der Waals surface area contributed by atoms with E-state index in [0.717, 1.165) is 11.3 Å². The molecular formula is C8H6N4. The molecule has 12 heavy (non-hydrogen) atoms. The number of rotatable bonds is 0. The van der Waals surface area contributed by atoms with Crippen LogP contribution in [0.5, 0.6) is 0 Å². The molecule has 0 aliphatic carbocycles. The van der Waals surface area contributed by atoms with Crippen LogP contribution in [0.2, 0.25) is 0 Å². The maximum Gasteiger partial charge on any atom is 0.158 e. The first-order valence-electron chi connectivity index (χ1n) is 3.51. The average Bonchev–Trinajstić information content (AvgIpc) is 2.52. The minimum Gasteiger partial charge on any atom is -0.303 e. The number of aryl methyl sites for hydroxylation is 1. The van der Waals surface area contributed by atoms with Gasteiger partial charge in [0.2, 0.25) is 0 Å². The second kappa shape index (κ2) is 2.31. The SMILES string of the molecule is Cc1nc(C#N)cn2ccnc12. The largest absolute Gasteiger partial charge is 0.303 e. The van der Waals surface area contributed by atoms with Gasteiger partial charge in [-0.15, -0.1) is 0 Å². The Labute approximate surface area is 69.1 Å². The van der Waals surface area contributed by atoms with E-state index in [-0.39, 0.29) is 0 Å². The van der Waals surface area contributed by atoms with Crippen LogP contribution in [-0.2, 0) is 0 Å². The van der Waals surface area contributed by atoms with Crippen LogP contribution in [0.25, 0.3) is 5.65 Å². The molecule has 0 fully saturated rings. The first-order valence-corrected chi connectivity index (χ1v) is 3.51. The summed E-state index contributed by atoms with van der Waals surface area (Å²) in [5, 5.41) is 8.61. The highest BCUT2D eigenvalue weighted by Gasteiger charge is 2.01. The molecule has 0 unspecified atom stereocenters. The molecule has 2 heterocycles. The van der Waals surface area contributed by atoms with Crippen LogP contribution in [0.3, 0.4) is 0 Å². The molecule has 0 aliphatic rings. The Hall–Kier alpha value is -1.89. The van der Waals surface area contributed by atoms with E-state index in [1.165, 1.54) is 0 Å². The number of nitriles is 1. The molecule has 0 amide bonds. The molecule has 0 N–H and O–H groups in total. The molecule has 0 radical (unpaired) electrons. The Morgan fingerprint density at radius 2 is 2.42 bits per heavy atom. The third-order valence-electron chi connectivity index (χ3n) is 1.66. The van der Waals surface area contributed by atoms with Gasteiger partial charge >= 0.3 is 0 Å². The second-order valence-electron chi connectivity index (χ2n) is 2.48. The minimum absolute atomic E-state index is 0.415. The average molecular weight is 158 g/mol. The molecule has 2 rings (SSSR count). The van der Waals surface area contributed by atoms with Gasteiger partial charge in [0.05, 0.1) is 5.69 Å². The Morgan fingerprint density at radius 1 is 1.58 bits per heavy atom. The number of aromatic nitrogens is 3. The van der Waals surface area contributed by atoms with Gasteiger partial charge < -0.3 is 4.40 Å². The van der Waals surface area contributed by atoms with Crippen LogP contribution in [-0.4, -0.2) is 14.4 Å². The summed E-state index contributed by atoms with van der Waals surface area (Å²) < 4.78 is 1.79. The summed E-state index contributed by atoms with van der Waals surface area (Å²) in [5.41, 5.74) is 1.99. The van der Waals surface area contributed by atoms with Gasteiger partial charge in [-0.2, -0.15) is 5.26 Å². The molecule has 0 aliphatic heterocycles. The van der Waals surface area contributed by atoms with Crippen LogP contribution < -0.4 is 0 Å². The summed E-state index contributed by atoms with van der Waals surface area (Å²) in [7, 11) is 0. The zero-order chi connectivity index (χ0) is 8.55. The summed E-state index contributed by atoms with van der Waals surface area (Å²) in [5.74, 6) is 0. The number of hydrogen-bond acceptors (Lipinski definition) is 3. The van der Waals surface area contributed by atoms with Crippen molar-refractivity contribution in [3.05, 3.63) is 30.0 Å². The van der Waals surface area contributed by atoms with Gasteiger partial charge in [-0.05, 0) is 6.92 Å². The van der Waals surface area contributed by atoms with Crippen molar-refractivity contribution in [2.75, 3.05) is 0 Å². The van der Waals surface area contributed by atoms with E-state index in [4.69, 9.17) is 5.26 Å². The molecule has 0 atom stereocenters. The Balaban J connectivity index is 2.86. The summed E-state index contributed by atoms with van der Waals surface area (Å²) >= 11 is 0. The molecule has 2 aromatic rings. The number of fused-ring (bicyclic) bond motifs is 1. The van der Waals surface area contributed by atoms with E-state index < -0.39 is 0 Å². The Morgan fingerprint density at radius 3 is 3.17 bits per heavy atom. The molecule has 0 bridgehead atoms. The van der Waals surface area contributed by atoms with Crippen LogP contribution in [0, 0.1) is 18.3 Å². The van der Waals surface area contributed by atoms with Gasteiger partial charge in [-0.3, -0.25) is 0 Å². The van der Waals surface area contributed by atoms with Gasteiger partial charge in [0.1, 0.15) is 6.07 Å². The van der Waals surface area contributed by atoms with Crippen molar-refractivity contribution < 1.29 is 0 Å². The molecular weight excluding hydrogens is 152 g/mol. The van der Waals surface area contributed by atoms with Crippen molar-refractivity contribution in [3.63, 3.8) is 0 Å². The molecule has 4 heteroatoms. The molecule has 2 aromatic heterocycles. The normalized spacial score (nSPS) is 10.0. The Bertz CT molecular complexity index is 463. The fourth-order valence-corrected chi connectivity index (χ4v) is 1.14. The highest BCUT2D eigenvalue weighted by Crippen LogP contribution is 2.05.